The number of hydrogen-bond donors (Lipinski definition) is 2. The van der Waals surface area contributed by atoms with Crippen molar-refractivity contribution in [2.75, 3.05) is 12.4 Å². The van der Waals surface area contributed by atoms with Crippen LogP contribution in [0.25, 0.3) is 0 Å². The summed E-state index contributed by atoms with van der Waals surface area (Å²) in [6, 6.07) is 0. The summed E-state index contributed by atoms with van der Waals surface area (Å²) in [6.07, 6.45) is 3.03. The molecular formula is C13H18N2O2S. The summed E-state index contributed by atoms with van der Waals surface area (Å²) in [5.74, 6) is 0.413. The molecule has 18 heavy (non-hydrogen) atoms. The van der Waals surface area contributed by atoms with E-state index in [1.54, 1.807) is 18.4 Å². The molecule has 1 heterocycles. The zero-order chi connectivity index (χ0) is 13.3. The summed E-state index contributed by atoms with van der Waals surface area (Å²) in [4.78, 5) is 24.4. The number of anilines is 1. The van der Waals surface area contributed by atoms with Gasteiger partial charge in [0.15, 0.2) is 0 Å². The molecule has 98 valence electrons. The van der Waals surface area contributed by atoms with Gasteiger partial charge in [0.2, 0.25) is 5.91 Å². The van der Waals surface area contributed by atoms with Crippen molar-refractivity contribution >= 4 is 28.2 Å². The molecule has 1 aromatic heterocycles. The maximum atomic E-state index is 12.0. The van der Waals surface area contributed by atoms with Crippen molar-refractivity contribution in [1.29, 1.82) is 0 Å². The highest BCUT2D eigenvalue weighted by molar-refractivity contribution is 7.17. The van der Waals surface area contributed by atoms with Crippen LogP contribution in [0.3, 0.4) is 0 Å². The summed E-state index contributed by atoms with van der Waals surface area (Å²) >= 11 is 1.54. The lowest BCUT2D eigenvalue weighted by Crippen LogP contribution is -2.22. The number of rotatable bonds is 2. The molecule has 1 atom stereocenters. The van der Waals surface area contributed by atoms with Crippen LogP contribution in [0, 0.1) is 5.92 Å². The summed E-state index contributed by atoms with van der Waals surface area (Å²) in [5.41, 5.74) is 1.79. The van der Waals surface area contributed by atoms with Gasteiger partial charge in [-0.1, -0.05) is 6.92 Å². The monoisotopic (exact) mass is 266 g/mol. The minimum atomic E-state index is -0.133. The Bertz CT molecular complexity index is 493. The molecule has 0 saturated heterocycles. The summed E-state index contributed by atoms with van der Waals surface area (Å²) in [5, 5.41) is 6.13. The fourth-order valence-corrected chi connectivity index (χ4v) is 3.82. The molecule has 0 bridgehead atoms. The molecule has 0 radical (unpaired) electrons. The number of fused-ring (bicyclic) bond motifs is 1. The lowest BCUT2D eigenvalue weighted by Gasteiger charge is -2.18. The molecule has 1 aliphatic rings. The first kappa shape index (κ1) is 13.1. The van der Waals surface area contributed by atoms with Crippen LogP contribution in [0.5, 0.6) is 0 Å². The summed E-state index contributed by atoms with van der Waals surface area (Å²) in [6.45, 7) is 3.69. The molecular weight excluding hydrogens is 248 g/mol. The Kier molecular flexibility index (Phi) is 3.71. The minimum absolute atomic E-state index is 0.106. The third kappa shape index (κ3) is 2.41. The van der Waals surface area contributed by atoms with Gasteiger partial charge in [0.1, 0.15) is 5.00 Å². The summed E-state index contributed by atoms with van der Waals surface area (Å²) < 4.78 is 0. The average Bonchev–Trinajstić information content (AvgIpc) is 2.64. The van der Waals surface area contributed by atoms with E-state index in [2.05, 4.69) is 17.6 Å². The Balaban J connectivity index is 2.45. The normalized spacial score (nSPS) is 18.1. The Hall–Kier alpha value is -1.36. The van der Waals surface area contributed by atoms with E-state index in [-0.39, 0.29) is 11.8 Å². The molecule has 2 N–H and O–H groups in total. The van der Waals surface area contributed by atoms with Gasteiger partial charge < -0.3 is 10.6 Å². The number of thiophene rings is 1. The highest BCUT2D eigenvalue weighted by Crippen LogP contribution is 2.39. The second-order valence-corrected chi connectivity index (χ2v) is 5.92. The predicted molar refractivity (Wildman–Crippen MR) is 73.2 cm³/mol. The van der Waals surface area contributed by atoms with E-state index in [4.69, 9.17) is 0 Å². The Morgan fingerprint density at radius 3 is 2.72 bits per heavy atom. The number of hydrogen-bond acceptors (Lipinski definition) is 3. The number of amides is 2. The zero-order valence-corrected chi connectivity index (χ0v) is 11.7. The Labute approximate surface area is 111 Å². The first-order valence-electron chi connectivity index (χ1n) is 6.17. The van der Waals surface area contributed by atoms with E-state index in [0.29, 0.717) is 16.5 Å². The topological polar surface area (TPSA) is 58.2 Å². The quantitative estimate of drug-likeness (QED) is 0.862. The molecule has 0 aliphatic heterocycles. The lowest BCUT2D eigenvalue weighted by atomic mass is 9.88. The van der Waals surface area contributed by atoms with Crippen LogP contribution < -0.4 is 10.6 Å². The van der Waals surface area contributed by atoms with Gasteiger partial charge in [-0.15, -0.1) is 11.3 Å². The molecule has 0 aromatic carbocycles. The molecule has 5 heteroatoms. The molecule has 0 spiro atoms. The van der Waals surface area contributed by atoms with Crippen molar-refractivity contribution in [2.24, 2.45) is 5.92 Å². The second kappa shape index (κ2) is 5.10. The lowest BCUT2D eigenvalue weighted by molar-refractivity contribution is -0.114. The van der Waals surface area contributed by atoms with Crippen molar-refractivity contribution < 1.29 is 9.59 Å². The fraction of sp³-hybridized carbons (Fsp3) is 0.538. The van der Waals surface area contributed by atoms with E-state index >= 15 is 0 Å². The van der Waals surface area contributed by atoms with E-state index in [1.165, 1.54) is 11.8 Å². The van der Waals surface area contributed by atoms with E-state index in [0.717, 1.165) is 24.8 Å². The number of carbonyl (C=O) groups is 2. The van der Waals surface area contributed by atoms with Crippen LogP contribution in [0.4, 0.5) is 5.00 Å². The van der Waals surface area contributed by atoms with Crippen molar-refractivity contribution in [2.45, 2.75) is 33.1 Å². The van der Waals surface area contributed by atoms with Crippen molar-refractivity contribution in [3.63, 3.8) is 0 Å². The van der Waals surface area contributed by atoms with E-state index < -0.39 is 0 Å². The standard InChI is InChI=1S/C13H18N2O2S/c1-7-4-5-9-10(6-7)18-13(15-8(2)16)11(9)12(17)14-3/h7H,4-6H2,1-3H3,(H,14,17)(H,15,16)/t7-/m1/s1. The summed E-state index contributed by atoms with van der Waals surface area (Å²) in [7, 11) is 1.62. The van der Waals surface area contributed by atoms with Gasteiger partial charge in [-0.25, -0.2) is 0 Å². The van der Waals surface area contributed by atoms with Crippen molar-refractivity contribution in [3.05, 3.63) is 16.0 Å². The maximum absolute atomic E-state index is 12.0. The number of nitrogens with one attached hydrogen (secondary N) is 2. The van der Waals surface area contributed by atoms with Crippen LogP contribution in [-0.2, 0) is 17.6 Å². The third-order valence-electron chi connectivity index (χ3n) is 3.26. The average molecular weight is 266 g/mol. The molecule has 0 fully saturated rings. The smallest absolute Gasteiger partial charge is 0.254 e. The predicted octanol–water partition coefficient (Wildman–Crippen LogP) is 2.19. The van der Waals surface area contributed by atoms with Gasteiger partial charge in [-0.05, 0) is 30.7 Å². The molecule has 4 nitrogen and oxygen atoms in total. The zero-order valence-electron chi connectivity index (χ0n) is 10.9. The van der Waals surface area contributed by atoms with Gasteiger partial charge in [-0.2, -0.15) is 0 Å². The van der Waals surface area contributed by atoms with Gasteiger partial charge in [0, 0.05) is 18.8 Å². The van der Waals surface area contributed by atoms with Crippen molar-refractivity contribution in [3.8, 4) is 0 Å². The van der Waals surface area contributed by atoms with E-state index in [9.17, 15) is 9.59 Å². The molecule has 2 rings (SSSR count). The SMILES string of the molecule is CNC(=O)c1c(NC(C)=O)sc2c1CC[C@@H](C)C2. The molecule has 1 aromatic rings. The van der Waals surface area contributed by atoms with Crippen LogP contribution in [0.2, 0.25) is 0 Å². The first-order valence-corrected chi connectivity index (χ1v) is 6.98. The molecule has 2 amide bonds. The number of carbonyl (C=O) groups excluding carboxylic acids is 2. The van der Waals surface area contributed by atoms with Gasteiger partial charge in [-0.3, -0.25) is 9.59 Å². The minimum Gasteiger partial charge on any atom is -0.355 e. The highest BCUT2D eigenvalue weighted by atomic mass is 32.1. The van der Waals surface area contributed by atoms with E-state index in [1.807, 2.05) is 0 Å². The first-order chi connectivity index (χ1) is 8.52. The second-order valence-electron chi connectivity index (χ2n) is 4.82. The molecule has 1 aliphatic carbocycles. The van der Waals surface area contributed by atoms with Crippen LogP contribution in [0.15, 0.2) is 0 Å². The Morgan fingerprint density at radius 2 is 2.11 bits per heavy atom. The molecule has 0 unspecified atom stereocenters. The molecule has 0 saturated carbocycles. The van der Waals surface area contributed by atoms with Crippen LogP contribution in [0.1, 0.15) is 41.1 Å². The Morgan fingerprint density at radius 1 is 1.39 bits per heavy atom. The van der Waals surface area contributed by atoms with Crippen LogP contribution in [-0.4, -0.2) is 18.9 Å². The van der Waals surface area contributed by atoms with Crippen molar-refractivity contribution in [1.82, 2.24) is 5.32 Å². The fourth-order valence-electron chi connectivity index (χ4n) is 2.36. The largest absolute Gasteiger partial charge is 0.355 e. The maximum Gasteiger partial charge on any atom is 0.254 e. The van der Waals surface area contributed by atoms with Gasteiger partial charge in [0.05, 0.1) is 5.56 Å². The van der Waals surface area contributed by atoms with Gasteiger partial charge >= 0.3 is 0 Å². The van der Waals surface area contributed by atoms with Gasteiger partial charge in [0.25, 0.3) is 5.91 Å². The van der Waals surface area contributed by atoms with Crippen LogP contribution >= 0.6 is 11.3 Å². The highest BCUT2D eigenvalue weighted by Gasteiger charge is 2.27. The third-order valence-corrected chi connectivity index (χ3v) is 4.43.